The number of hydrogen-bond acceptors (Lipinski definition) is 8. The summed E-state index contributed by atoms with van der Waals surface area (Å²) in [6, 6.07) is 0. The summed E-state index contributed by atoms with van der Waals surface area (Å²) in [5, 5.41) is 0. The van der Waals surface area contributed by atoms with Crippen LogP contribution in [0, 0.1) is 0 Å². The Balaban J connectivity index is 3.13. The zero-order chi connectivity index (χ0) is 18.3. The first-order valence-corrected chi connectivity index (χ1v) is 15.3. The van der Waals surface area contributed by atoms with E-state index < -0.39 is 20.2 Å². The van der Waals surface area contributed by atoms with Gasteiger partial charge in [-0.15, -0.1) is 0 Å². The second-order valence-electron chi connectivity index (χ2n) is 4.73. The molecule has 0 unspecified atom stereocenters. The summed E-state index contributed by atoms with van der Waals surface area (Å²) in [5.41, 5.74) is 0. The molecular weight excluding hydrogens is 433 g/mol. The number of hydrogen-bond donors (Lipinski definition) is 2. The van der Waals surface area contributed by atoms with E-state index in [0.29, 0.717) is 12.8 Å². The van der Waals surface area contributed by atoms with Gasteiger partial charge in [-0.3, -0.25) is 9.11 Å². The molecule has 0 aromatic rings. The van der Waals surface area contributed by atoms with Gasteiger partial charge in [-0.25, -0.2) is 0 Å². The predicted molar refractivity (Wildman–Crippen MR) is 111 cm³/mol. The molecule has 0 saturated carbocycles. The lowest BCUT2D eigenvalue weighted by Gasteiger charge is -2.03. The van der Waals surface area contributed by atoms with E-state index in [2.05, 4.69) is 0 Å². The zero-order valence-corrected chi connectivity index (χ0v) is 18.4. The largest absolute Gasteiger partial charge is 0.286 e. The van der Waals surface area contributed by atoms with Crippen molar-refractivity contribution in [2.45, 2.75) is 12.8 Å². The van der Waals surface area contributed by atoms with Gasteiger partial charge in [0.25, 0.3) is 20.2 Å². The maximum absolute atomic E-state index is 10.5. The first-order valence-electron chi connectivity index (χ1n) is 7.42. The van der Waals surface area contributed by atoms with E-state index in [-0.39, 0.29) is 11.5 Å². The molecule has 0 atom stereocenters. The molecule has 0 bridgehead atoms. The minimum absolute atomic E-state index is 0.155. The van der Waals surface area contributed by atoms with Crippen LogP contribution in [0.3, 0.4) is 0 Å². The highest BCUT2D eigenvalue weighted by Gasteiger charge is 2.04. The summed E-state index contributed by atoms with van der Waals surface area (Å²) in [7, 11) is -7.62. The lowest BCUT2D eigenvalue weighted by molar-refractivity contribution is 0.480. The second-order valence-corrected chi connectivity index (χ2v) is 12.8. The summed E-state index contributed by atoms with van der Waals surface area (Å²) in [6.07, 6.45) is 0.984. The van der Waals surface area contributed by atoms with Crippen molar-refractivity contribution in [3.05, 3.63) is 0 Å². The standard InChI is InChI=1S/C12H26O6S6/c13-23(14,15)11-1-3-19-5-7-21-9-10-22-8-6-20-4-2-12-24(16,17)18/h1-12H2,(H,13,14,15)(H,16,17,18). The van der Waals surface area contributed by atoms with Crippen LogP contribution in [0.4, 0.5) is 0 Å². The van der Waals surface area contributed by atoms with Crippen LogP contribution in [-0.4, -0.2) is 83.5 Å². The smallest absolute Gasteiger partial charge is 0.264 e. The first-order chi connectivity index (χ1) is 11.2. The first kappa shape index (κ1) is 25.2. The topological polar surface area (TPSA) is 109 Å². The molecule has 0 saturated heterocycles. The molecule has 24 heavy (non-hydrogen) atoms. The molecule has 0 spiro atoms. The van der Waals surface area contributed by atoms with Gasteiger partial charge in [0, 0.05) is 34.5 Å². The Bertz CT molecular complexity index is 446. The SMILES string of the molecule is O=S(=O)(O)CCCSCCSCCSCCSCCCS(=O)(=O)O. The number of rotatable bonds is 17. The minimum Gasteiger partial charge on any atom is -0.286 e. The predicted octanol–water partition coefficient (Wildman–Crippen LogP) is 2.48. The van der Waals surface area contributed by atoms with Crippen molar-refractivity contribution < 1.29 is 25.9 Å². The summed E-state index contributed by atoms with van der Waals surface area (Å²) in [5.74, 6) is 7.44. The summed E-state index contributed by atoms with van der Waals surface area (Å²) in [6.45, 7) is 0. The van der Waals surface area contributed by atoms with Gasteiger partial charge in [0.15, 0.2) is 0 Å². The van der Waals surface area contributed by atoms with Gasteiger partial charge in [-0.1, -0.05) is 0 Å². The molecule has 2 N–H and O–H groups in total. The highest BCUT2D eigenvalue weighted by Crippen LogP contribution is 2.13. The monoisotopic (exact) mass is 458 g/mol. The van der Waals surface area contributed by atoms with Crippen molar-refractivity contribution in [3.8, 4) is 0 Å². The quantitative estimate of drug-likeness (QED) is 0.249. The van der Waals surface area contributed by atoms with Gasteiger partial charge >= 0.3 is 0 Å². The highest BCUT2D eigenvalue weighted by atomic mass is 32.2. The number of thioether (sulfide) groups is 4. The molecule has 0 fully saturated rings. The molecule has 146 valence electrons. The third-order valence-electron chi connectivity index (χ3n) is 2.50. The van der Waals surface area contributed by atoms with Crippen LogP contribution in [0.1, 0.15) is 12.8 Å². The average molecular weight is 459 g/mol. The highest BCUT2D eigenvalue weighted by molar-refractivity contribution is 8.05. The third kappa shape index (κ3) is 23.2. The molecule has 0 aliphatic heterocycles. The van der Waals surface area contributed by atoms with Crippen molar-refractivity contribution in [1.82, 2.24) is 0 Å². The molecule has 0 rings (SSSR count). The van der Waals surface area contributed by atoms with Crippen LogP contribution >= 0.6 is 47.0 Å². The Morgan fingerprint density at radius 1 is 0.500 bits per heavy atom. The molecular formula is C12H26O6S6. The second kappa shape index (κ2) is 15.3. The van der Waals surface area contributed by atoms with E-state index >= 15 is 0 Å². The summed E-state index contributed by atoms with van der Waals surface area (Å²) in [4.78, 5) is 0. The Labute approximate surface area is 163 Å². The van der Waals surface area contributed by atoms with Gasteiger partial charge in [0.1, 0.15) is 0 Å². The third-order valence-corrected chi connectivity index (χ3v) is 8.99. The van der Waals surface area contributed by atoms with Gasteiger partial charge < -0.3 is 0 Å². The Morgan fingerprint density at radius 2 is 0.750 bits per heavy atom. The molecule has 6 nitrogen and oxygen atoms in total. The maximum Gasteiger partial charge on any atom is 0.264 e. The molecule has 0 aliphatic carbocycles. The van der Waals surface area contributed by atoms with Crippen molar-refractivity contribution in [1.29, 1.82) is 0 Å². The van der Waals surface area contributed by atoms with Crippen LogP contribution in [0.25, 0.3) is 0 Å². The van der Waals surface area contributed by atoms with E-state index in [1.54, 1.807) is 23.5 Å². The lowest BCUT2D eigenvalue weighted by atomic mass is 10.6. The Kier molecular flexibility index (Phi) is 16.1. The van der Waals surface area contributed by atoms with Crippen LogP contribution in [0.2, 0.25) is 0 Å². The Hall–Kier alpha value is 1.22. The van der Waals surface area contributed by atoms with Crippen LogP contribution in [0.15, 0.2) is 0 Å². The molecule has 0 aliphatic rings. The fourth-order valence-electron chi connectivity index (χ4n) is 1.45. The molecule has 0 heterocycles. The zero-order valence-electron chi connectivity index (χ0n) is 13.5. The summed E-state index contributed by atoms with van der Waals surface area (Å²) >= 11 is 7.18. The van der Waals surface area contributed by atoms with Crippen LogP contribution < -0.4 is 0 Å². The van der Waals surface area contributed by atoms with Gasteiger partial charge in [0.05, 0.1) is 11.5 Å². The fraction of sp³-hybridized carbons (Fsp3) is 1.00. The van der Waals surface area contributed by atoms with Crippen molar-refractivity contribution in [2.75, 3.05) is 57.5 Å². The van der Waals surface area contributed by atoms with Crippen molar-refractivity contribution >= 4 is 67.3 Å². The molecule has 0 radical (unpaired) electrons. The van der Waals surface area contributed by atoms with E-state index in [1.807, 2.05) is 23.5 Å². The molecule has 0 aromatic heterocycles. The summed E-state index contributed by atoms with van der Waals surface area (Å²) < 4.78 is 59.2. The minimum atomic E-state index is -3.81. The fourth-order valence-corrected chi connectivity index (χ4v) is 7.17. The van der Waals surface area contributed by atoms with E-state index in [9.17, 15) is 16.8 Å². The Morgan fingerprint density at radius 3 is 1.00 bits per heavy atom. The van der Waals surface area contributed by atoms with Gasteiger partial charge in [-0.05, 0) is 24.3 Å². The molecule has 0 aromatic carbocycles. The van der Waals surface area contributed by atoms with Gasteiger partial charge in [0.2, 0.25) is 0 Å². The van der Waals surface area contributed by atoms with E-state index in [0.717, 1.165) is 46.0 Å². The average Bonchev–Trinajstić information content (AvgIpc) is 2.44. The van der Waals surface area contributed by atoms with Crippen LogP contribution in [0.5, 0.6) is 0 Å². The lowest BCUT2D eigenvalue weighted by Crippen LogP contribution is -2.04. The van der Waals surface area contributed by atoms with Crippen molar-refractivity contribution in [3.63, 3.8) is 0 Å². The normalized spacial score (nSPS) is 12.6. The van der Waals surface area contributed by atoms with Gasteiger partial charge in [-0.2, -0.15) is 63.9 Å². The van der Waals surface area contributed by atoms with Crippen molar-refractivity contribution in [2.24, 2.45) is 0 Å². The molecule has 12 heteroatoms. The van der Waals surface area contributed by atoms with E-state index in [1.165, 1.54) is 0 Å². The maximum atomic E-state index is 10.5. The van der Waals surface area contributed by atoms with Crippen LogP contribution in [-0.2, 0) is 20.2 Å². The van der Waals surface area contributed by atoms with E-state index in [4.69, 9.17) is 9.11 Å². The molecule has 0 amide bonds.